The summed E-state index contributed by atoms with van der Waals surface area (Å²) in [4.78, 5) is 30.1. The molecule has 0 aliphatic carbocycles. The normalized spacial score (nSPS) is 12.7. The lowest BCUT2D eigenvalue weighted by atomic mass is 9.81. The Bertz CT molecular complexity index is 1500. The van der Waals surface area contributed by atoms with Gasteiger partial charge in [-0.05, 0) is 24.6 Å². The largest absolute Gasteiger partial charge is 0.501 e. The average Bonchev–Trinajstić information content (AvgIpc) is 3.47. The second-order valence-corrected chi connectivity index (χ2v) is 8.20. The highest BCUT2D eigenvalue weighted by Crippen LogP contribution is 2.39. The molecule has 2 N–H and O–H groups in total. The van der Waals surface area contributed by atoms with Gasteiger partial charge in [0.1, 0.15) is 17.8 Å². The van der Waals surface area contributed by atoms with Crippen LogP contribution in [0.4, 0.5) is 5.69 Å². The Labute approximate surface area is 200 Å². The number of anilines is 1. The number of nitrogens with zero attached hydrogens (tertiary/aromatic N) is 6. The van der Waals surface area contributed by atoms with Crippen molar-refractivity contribution in [2.75, 3.05) is 5.32 Å². The predicted octanol–water partition coefficient (Wildman–Crippen LogP) is 2.58. The minimum absolute atomic E-state index is 0.248. The van der Waals surface area contributed by atoms with E-state index in [9.17, 15) is 20.0 Å². The van der Waals surface area contributed by atoms with Crippen LogP contribution in [0.2, 0.25) is 0 Å². The molecule has 1 amide bonds. The zero-order valence-corrected chi connectivity index (χ0v) is 19.6. The number of hydrogen-bond acceptors (Lipinski definition) is 8. The van der Waals surface area contributed by atoms with E-state index in [4.69, 9.17) is 4.52 Å². The maximum atomic E-state index is 12.9. The van der Waals surface area contributed by atoms with Crippen molar-refractivity contribution < 1.29 is 14.4 Å². The quantitative estimate of drug-likeness (QED) is 0.433. The van der Waals surface area contributed by atoms with Crippen molar-refractivity contribution in [2.45, 2.75) is 25.7 Å². The molecule has 178 valence electrons. The second kappa shape index (κ2) is 9.26. The first-order valence-electron chi connectivity index (χ1n) is 10.7. The van der Waals surface area contributed by atoms with Gasteiger partial charge in [0.2, 0.25) is 5.75 Å². The molecule has 0 radical (unpaired) electrons. The maximum absolute atomic E-state index is 12.9. The van der Waals surface area contributed by atoms with Crippen LogP contribution in [0, 0.1) is 18.3 Å². The summed E-state index contributed by atoms with van der Waals surface area (Å²) in [7, 11) is 3.28. The fourth-order valence-corrected chi connectivity index (χ4v) is 4.25. The zero-order chi connectivity index (χ0) is 25.3. The van der Waals surface area contributed by atoms with Crippen molar-refractivity contribution in [3.63, 3.8) is 0 Å². The topological polar surface area (TPSA) is 152 Å². The van der Waals surface area contributed by atoms with Crippen molar-refractivity contribution >= 4 is 11.6 Å². The SMILES string of the molecule is Cc1cc([C@H](c2ccccc2C#N)[C@H](C)c2nc(C(=O)Nc3cnoc3)c(O)c(=O)n2C)n(C)n1. The smallest absolute Gasteiger partial charge is 0.296 e. The molecule has 0 saturated heterocycles. The maximum Gasteiger partial charge on any atom is 0.296 e. The predicted molar refractivity (Wildman–Crippen MR) is 125 cm³/mol. The second-order valence-electron chi connectivity index (χ2n) is 8.20. The highest BCUT2D eigenvalue weighted by Gasteiger charge is 2.32. The van der Waals surface area contributed by atoms with Gasteiger partial charge in [0.15, 0.2) is 5.69 Å². The Morgan fingerprint density at radius 2 is 2.03 bits per heavy atom. The van der Waals surface area contributed by atoms with Crippen LogP contribution in [0.25, 0.3) is 0 Å². The van der Waals surface area contributed by atoms with Gasteiger partial charge < -0.3 is 14.9 Å². The van der Waals surface area contributed by atoms with E-state index in [1.165, 1.54) is 24.1 Å². The highest BCUT2D eigenvalue weighted by atomic mass is 16.5. The van der Waals surface area contributed by atoms with E-state index in [1.54, 1.807) is 23.9 Å². The van der Waals surface area contributed by atoms with Gasteiger partial charge in [-0.3, -0.25) is 18.8 Å². The molecule has 4 aromatic rings. The number of aromatic hydroxyl groups is 1. The van der Waals surface area contributed by atoms with Crippen LogP contribution in [-0.4, -0.2) is 35.5 Å². The Balaban J connectivity index is 1.88. The molecule has 3 aromatic heterocycles. The number of nitrogens with one attached hydrogen (secondary N) is 1. The van der Waals surface area contributed by atoms with E-state index in [1.807, 2.05) is 32.0 Å². The van der Waals surface area contributed by atoms with Gasteiger partial charge >= 0.3 is 0 Å². The lowest BCUT2D eigenvalue weighted by Gasteiger charge is -2.27. The zero-order valence-electron chi connectivity index (χ0n) is 19.6. The molecule has 0 spiro atoms. The molecule has 0 fully saturated rings. The number of aryl methyl sites for hydroxylation is 2. The summed E-state index contributed by atoms with van der Waals surface area (Å²) in [5.74, 6) is -2.25. The van der Waals surface area contributed by atoms with Crippen molar-refractivity contribution in [3.05, 3.63) is 87.2 Å². The minimum Gasteiger partial charge on any atom is -0.501 e. The van der Waals surface area contributed by atoms with Gasteiger partial charge in [-0.25, -0.2) is 4.98 Å². The van der Waals surface area contributed by atoms with Crippen molar-refractivity contribution in [1.82, 2.24) is 24.5 Å². The third kappa shape index (κ3) is 4.29. The van der Waals surface area contributed by atoms with Gasteiger partial charge in [0, 0.05) is 31.6 Å². The Kier molecular flexibility index (Phi) is 6.20. The van der Waals surface area contributed by atoms with Crippen LogP contribution in [0.15, 0.2) is 52.1 Å². The number of carbonyl (C=O) groups excluding carboxylic acids is 1. The van der Waals surface area contributed by atoms with E-state index in [0.29, 0.717) is 5.56 Å². The summed E-state index contributed by atoms with van der Waals surface area (Å²) in [6.45, 7) is 3.71. The number of amides is 1. The average molecular weight is 473 g/mol. The fourth-order valence-electron chi connectivity index (χ4n) is 4.25. The van der Waals surface area contributed by atoms with Crippen LogP contribution in [0.1, 0.15) is 57.6 Å². The number of nitriles is 1. The summed E-state index contributed by atoms with van der Waals surface area (Å²) in [5.41, 5.74) is 1.83. The molecular formula is C24H23N7O4. The van der Waals surface area contributed by atoms with Crippen LogP contribution in [0.3, 0.4) is 0 Å². The molecule has 11 heteroatoms. The minimum atomic E-state index is -0.790. The molecule has 3 heterocycles. The summed E-state index contributed by atoms with van der Waals surface area (Å²) in [5, 5.41) is 30.7. The van der Waals surface area contributed by atoms with Crippen molar-refractivity contribution in [2.24, 2.45) is 14.1 Å². The molecule has 0 unspecified atom stereocenters. The third-order valence-electron chi connectivity index (χ3n) is 5.89. The van der Waals surface area contributed by atoms with E-state index in [2.05, 4.69) is 26.6 Å². The molecule has 0 saturated carbocycles. The van der Waals surface area contributed by atoms with Crippen molar-refractivity contribution in [1.29, 1.82) is 5.26 Å². The summed E-state index contributed by atoms with van der Waals surface area (Å²) < 4.78 is 7.64. The van der Waals surface area contributed by atoms with Gasteiger partial charge in [0.05, 0.1) is 23.5 Å². The van der Waals surface area contributed by atoms with Gasteiger partial charge in [-0.2, -0.15) is 10.4 Å². The van der Waals surface area contributed by atoms with E-state index in [-0.39, 0.29) is 11.5 Å². The molecule has 1 aromatic carbocycles. The molecule has 11 nitrogen and oxygen atoms in total. The lowest BCUT2D eigenvalue weighted by molar-refractivity contribution is 0.101. The third-order valence-corrected chi connectivity index (χ3v) is 5.89. The molecule has 0 bridgehead atoms. The highest BCUT2D eigenvalue weighted by molar-refractivity contribution is 6.04. The monoisotopic (exact) mass is 473 g/mol. The first kappa shape index (κ1) is 23.4. The lowest BCUT2D eigenvalue weighted by Crippen LogP contribution is -2.30. The van der Waals surface area contributed by atoms with Gasteiger partial charge in [-0.15, -0.1) is 0 Å². The molecule has 0 aliphatic rings. The summed E-state index contributed by atoms with van der Waals surface area (Å²) in [6.07, 6.45) is 2.48. The van der Waals surface area contributed by atoms with E-state index in [0.717, 1.165) is 17.0 Å². The summed E-state index contributed by atoms with van der Waals surface area (Å²) in [6, 6.07) is 11.3. The first-order chi connectivity index (χ1) is 16.7. The first-order valence-corrected chi connectivity index (χ1v) is 10.7. The molecule has 4 rings (SSSR count). The molecule has 0 aliphatic heterocycles. The number of rotatable bonds is 6. The van der Waals surface area contributed by atoms with Crippen LogP contribution >= 0.6 is 0 Å². The number of carbonyl (C=O) groups is 1. The fraction of sp³-hybridized carbons (Fsp3) is 0.250. The van der Waals surface area contributed by atoms with Gasteiger partial charge in [0.25, 0.3) is 11.5 Å². The van der Waals surface area contributed by atoms with E-state index < -0.39 is 34.7 Å². The molecule has 35 heavy (non-hydrogen) atoms. The number of aromatic nitrogens is 5. The van der Waals surface area contributed by atoms with Crippen LogP contribution < -0.4 is 10.9 Å². The van der Waals surface area contributed by atoms with Crippen LogP contribution in [-0.2, 0) is 14.1 Å². The number of benzene rings is 1. The Morgan fingerprint density at radius 1 is 1.29 bits per heavy atom. The Morgan fingerprint density at radius 3 is 2.66 bits per heavy atom. The summed E-state index contributed by atoms with van der Waals surface area (Å²) >= 11 is 0. The number of hydrogen-bond donors (Lipinski definition) is 2. The Hall–Kier alpha value is -4.72. The molecule has 2 atom stereocenters. The van der Waals surface area contributed by atoms with Crippen molar-refractivity contribution in [3.8, 4) is 11.8 Å². The van der Waals surface area contributed by atoms with E-state index >= 15 is 0 Å². The standard InChI is InChI=1S/C24H23N7O4/c1-13-9-18(31(4)29-13)19(17-8-6-5-7-15(17)10-25)14(2)22-28-20(21(32)24(34)30(22)3)23(33)27-16-11-26-35-12-16/h5-9,11-12,14,19,32H,1-4H3,(H,27,33)/t14-,19-/m0/s1. The molecular weight excluding hydrogens is 450 g/mol. The van der Waals surface area contributed by atoms with Crippen LogP contribution in [0.5, 0.6) is 5.75 Å². The van der Waals surface area contributed by atoms with Gasteiger partial charge in [-0.1, -0.05) is 30.3 Å².